The van der Waals surface area contributed by atoms with E-state index >= 15 is 0 Å². The third kappa shape index (κ3) is 4.26. The van der Waals surface area contributed by atoms with Gasteiger partial charge in [-0.05, 0) is 30.2 Å². The van der Waals surface area contributed by atoms with E-state index in [2.05, 4.69) is 46.7 Å². The van der Waals surface area contributed by atoms with Gasteiger partial charge < -0.3 is 15.2 Å². The van der Waals surface area contributed by atoms with E-state index in [-0.39, 0.29) is 0 Å². The molecule has 1 aromatic heterocycles. The van der Waals surface area contributed by atoms with E-state index in [4.69, 9.17) is 4.74 Å². The zero-order valence-corrected chi connectivity index (χ0v) is 14.5. The maximum atomic E-state index is 10.3. The van der Waals surface area contributed by atoms with Crippen molar-refractivity contribution in [3.05, 3.63) is 71.4 Å². The molecule has 0 aliphatic rings. The van der Waals surface area contributed by atoms with Gasteiger partial charge in [-0.25, -0.2) is 0 Å². The lowest BCUT2D eigenvalue weighted by molar-refractivity contribution is 0.174. The van der Waals surface area contributed by atoms with E-state index in [1.54, 1.807) is 7.11 Å². The Morgan fingerprint density at radius 3 is 2.76 bits per heavy atom. The van der Waals surface area contributed by atoms with Crippen LogP contribution in [0.15, 0.2) is 54.7 Å². The number of hydrogen-bond donors (Lipinski definition) is 3. The Kier molecular flexibility index (Phi) is 5.48. The number of ether oxygens (including phenoxy) is 1. The van der Waals surface area contributed by atoms with Crippen molar-refractivity contribution in [2.75, 3.05) is 13.7 Å². The number of aliphatic hydroxyl groups is 1. The van der Waals surface area contributed by atoms with Crippen LogP contribution in [0, 0.1) is 6.92 Å². The van der Waals surface area contributed by atoms with Gasteiger partial charge in [0, 0.05) is 18.7 Å². The van der Waals surface area contributed by atoms with E-state index in [0.717, 1.165) is 28.1 Å². The first-order valence-corrected chi connectivity index (χ1v) is 8.29. The van der Waals surface area contributed by atoms with Crippen LogP contribution in [0.3, 0.4) is 0 Å². The van der Waals surface area contributed by atoms with Gasteiger partial charge in [-0.1, -0.05) is 42.0 Å². The second-order valence-electron chi connectivity index (χ2n) is 6.06. The summed E-state index contributed by atoms with van der Waals surface area (Å²) < 4.78 is 5.20. The van der Waals surface area contributed by atoms with E-state index in [9.17, 15) is 5.11 Å². The highest BCUT2D eigenvalue weighted by molar-refractivity contribution is 5.62. The van der Waals surface area contributed by atoms with Crippen LogP contribution >= 0.6 is 0 Å². The maximum absolute atomic E-state index is 10.3. The number of hydrogen-bond acceptors (Lipinski definition) is 4. The quantitative estimate of drug-likeness (QED) is 0.619. The van der Waals surface area contributed by atoms with Crippen LogP contribution in [-0.2, 0) is 6.54 Å². The molecule has 3 rings (SSSR count). The molecule has 0 aliphatic carbocycles. The first-order valence-electron chi connectivity index (χ1n) is 8.29. The number of aromatic amines is 1. The topological polar surface area (TPSA) is 70.2 Å². The predicted molar refractivity (Wildman–Crippen MR) is 98.4 cm³/mol. The first-order chi connectivity index (χ1) is 12.2. The monoisotopic (exact) mass is 337 g/mol. The van der Waals surface area contributed by atoms with Gasteiger partial charge in [-0.2, -0.15) is 5.10 Å². The summed E-state index contributed by atoms with van der Waals surface area (Å²) in [6.07, 6.45) is 1.23. The molecule has 0 bridgehead atoms. The van der Waals surface area contributed by atoms with Gasteiger partial charge in [0.15, 0.2) is 0 Å². The molecular formula is C20H23N3O2. The Morgan fingerprint density at radius 2 is 2.00 bits per heavy atom. The van der Waals surface area contributed by atoms with E-state index in [0.29, 0.717) is 13.1 Å². The van der Waals surface area contributed by atoms with Crippen LogP contribution in [0.2, 0.25) is 0 Å². The highest BCUT2D eigenvalue weighted by Gasteiger charge is 2.11. The van der Waals surface area contributed by atoms with Crippen LogP contribution in [0.4, 0.5) is 0 Å². The number of benzene rings is 2. The van der Waals surface area contributed by atoms with Crippen molar-refractivity contribution < 1.29 is 9.84 Å². The van der Waals surface area contributed by atoms with Crippen molar-refractivity contribution in [1.82, 2.24) is 15.5 Å². The molecule has 5 heteroatoms. The molecule has 0 saturated heterocycles. The molecule has 0 fully saturated rings. The second kappa shape index (κ2) is 7.96. The minimum Gasteiger partial charge on any atom is -0.497 e. The van der Waals surface area contributed by atoms with E-state index in [1.165, 1.54) is 5.56 Å². The van der Waals surface area contributed by atoms with Gasteiger partial charge in [0.25, 0.3) is 0 Å². The molecule has 1 heterocycles. The normalized spacial score (nSPS) is 12.1. The van der Waals surface area contributed by atoms with Gasteiger partial charge in [0.05, 0.1) is 25.1 Å². The van der Waals surface area contributed by atoms with Crippen molar-refractivity contribution in [1.29, 1.82) is 0 Å². The number of methoxy groups -OCH3 is 1. The average molecular weight is 337 g/mol. The second-order valence-corrected chi connectivity index (χ2v) is 6.06. The molecule has 2 aromatic carbocycles. The lowest BCUT2D eigenvalue weighted by Crippen LogP contribution is -2.21. The molecule has 3 N–H and O–H groups in total. The molecule has 0 amide bonds. The number of aryl methyl sites for hydroxylation is 1. The minimum absolute atomic E-state index is 0.450. The maximum Gasteiger partial charge on any atom is 0.119 e. The average Bonchev–Trinajstić information content (AvgIpc) is 3.11. The molecule has 1 atom stereocenters. The molecule has 5 nitrogen and oxygen atoms in total. The van der Waals surface area contributed by atoms with Crippen LogP contribution in [0.1, 0.15) is 22.8 Å². The van der Waals surface area contributed by atoms with Crippen molar-refractivity contribution in [2.24, 2.45) is 0 Å². The van der Waals surface area contributed by atoms with Crippen LogP contribution < -0.4 is 10.1 Å². The first kappa shape index (κ1) is 17.2. The molecule has 0 aliphatic heterocycles. The van der Waals surface area contributed by atoms with Crippen LogP contribution in [0.25, 0.3) is 11.3 Å². The van der Waals surface area contributed by atoms with Crippen molar-refractivity contribution in [3.63, 3.8) is 0 Å². The number of aromatic nitrogens is 2. The fourth-order valence-electron chi connectivity index (χ4n) is 2.73. The van der Waals surface area contributed by atoms with Crippen molar-refractivity contribution in [2.45, 2.75) is 19.6 Å². The highest BCUT2D eigenvalue weighted by Crippen LogP contribution is 2.22. The SMILES string of the molecule is COc1cccc(C(O)CNCc2cn[nH]c2-c2ccc(C)cc2)c1. The summed E-state index contributed by atoms with van der Waals surface area (Å²) >= 11 is 0. The minimum atomic E-state index is -0.593. The summed E-state index contributed by atoms with van der Waals surface area (Å²) in [6.45, 7) is 3.14. The Hall–Kier alpha value is -2.63. The molecule has 1 unspecified atom stereocenters. The molecule has 130 valence electrons. The van der Waals surface area contributed by atoms with Gasteiger partial charge in [-0.15, -0.1) is 0 Å². The molecule has 0 spiro atoms. The smallest absolute Gasteiger partial charge is 0.119 e. The zero-order chi connectivity index (χ0) is 17.6. The van der Waals surface area contributed by atoms with Gasteiger partial charge in [0.1, 0.15) is 5.75 Å². The standard InChI is InChI=1S/C20H23N3O2/c1-14-6-8-15(9-7-14)20-17(12-22-23-20)11-21-13-19(24)16-4-3-5-18(10-16)25-2/h3-10,12,19,21,24H,11,13H2,1-2H3,(H,22,23). The number of nitrogens with zero attached hydrogens (tertiary/aromatic N) is 1. The van der Waals surface area contributed by atoms with Gasteiger partial charge >= 0.3 is 0 Å². The number of nitrogens with one attached hydrogen (secondary N) is 2. The lowest BCUT2D eigenvalue weighted by Gasteiger charge is -2.13. The zero-order valence-electron chi connectivity index (χ0n) is 14.5. The molecule has 25 heavy (non-hydrogen) atoms. The molecule has 0 saturated carbocycles. The molecule has 3 aromatic rings. The number of H-pyrrole nitrogens is 1. The summed E-state index contributed by atoms with van der Waals surface area (Å²) in [5.74, 6) is 0.744. The Bertz CT molecular complexity index is 812. The summed E-state index contributed by atoms with van der Waals surface area (Å²) in [5.41, 5.74) is 5.24. The Balaban J connectivity index is 1.61. The van der Waals surface area contributed by atoms with Gasteiger partial charge in [0.2, 0.25) is 0 Å². The Labute approximate surface area is 147 Å². The predicted octanol–water partition coefficient (Wildman–Crippen LogP) is 3.22. The fourth-order valence-corrected chi connectivity index (χ4v) is 2.73. The highest BCUT2D eigenvalue weighted by atomic mass is 16.5. The van der Waals surface area contributed by atoms with E-state index < -0.39 is 6.10 Å². The third-order valence-corrected chi connectivity index (χ3v) is 4.19. The Morgan fingerprint density at radius 1 is 1.20 bits per heavy atom. The van der Waals surface area contributed by atoms with Crippen molar-refractivity contribution >= 4 is 0 Å². The van der Waals surface area contributed by atoms with E-state index in [1.807, 2.05) is 30.5 Å². The number of rotatable bonds is 7. The summed E-state index contributed by atoms with van der Waals surface area (Å²) in [6, 6.07) is 15.8. The van der Waals surface area contributed by atoms with Crippen molar-refractivity contribution in [3.8, 4) is 17.0 Å². The third-order valence-electron chi connectivity index (χ3n) is 4.19. The fraction of sp³-hybridized carbons (Fsp3) is 0.250. The summed E-state index contributed by atoms with van der Waals surface area (Å²) in [7, 11) is 1.62. The van der Waals surface area contributed by atoms with Crippen LogP contribution in [0.5, 0.6) is 5.75 Å². The number of aliphatic hydroxyl groups excluding tert-OH is 1. The summed E-state index contributed by atoms with van der Waals surface area (Å²) in [4.78, 5) is 0. The molecular weight excluding hydrogens is 314 g/mol. The lowest BCUT2D eigenvalue weighted by atomic mass is 10.1. The van der Waals surface area contributed by atoms with Gasteiger partial charge in [-0.3, -0.25) is 5.10 Å². The largest absolute Gasteiger partial charge is 0.497 e. The molecule has 0 radical (unpaired) electrons. The summed E-state index contributed by atoms with van der Waals surface area (Å²) in [5, 5.41) is 20.9. The van der Waals surface area contributed by atoms with Crippen LogP contribution in [-0.4, -0.2) is 29.0 Å².